The SMILES string of the molecule is CC(C)COCC(O)CNC(=O)NC1CCC(C)CC1C. The Kier molecular flexibility index (Phi) is 8.04. The number of aliphatic hydroxyl groups excluding tert-OH is 1. The van der Waals surface area contributed by atoms with Crippen LogP contribution >= 0.6 is 0 Å². The number of ether oxygens (including phenoxy) is 1. The van der Waals surface area contributed by atoms with Crippen LogP contribution in [-0.4, -0.2) is 43.0 Å². The van der Waals surface area contributed by atoms with Crippen molar-refractivity contribution in [3.05, 3.63) is 0 Å². The van der Waals surface area contributed by atoms with Gasteiger partial charge >= 0.3 is 6.03 Å². The molecule has 0 bridgehead atoms. The highest BCUT2D eigenvalue weighted by atomic mass is 16.5. The Morgan fingerprint density at radius 1 is 1.29 bits per heavy atom. The Bertz CT molecular complexity index is 310. The number of hydrogen-bond donors (Lipinski definition) is 3. The zero-order chi connectivity index (χ0) is 15.8. The van der Waals surface area contributed by atoms with Crippen LogP contribution in [0.5, 0.6) is 0 Å². The fraction of sp³-hybridized carbons (Fsp3) is 0.938. The van der Waals surface area contributed by atoms with Crippen LogP contribution < -0.4 is 10.6 Å². The third kappa shape index (κ3) is 7.67. The molecule has 0 aliphatic heterocycles. The highest BCUT2D eigenvalue weighted by Crippen LogP contribution is 2.28. The van der Waals surface area contributed by atoms with E-state index in [0.29, 0.717) is 18.4 Å². The maximum absolute atomic E-state index is 11.9. The number of hydrogen-bond acceptors (Lipinski definition) is 3. The fourth-order valence-corrected chi connectivity index (χ4v) is 2.81. The predicted octanol–water partition coefficient (Wildman–Crippen LogP) is 2.14. The van der Waals surface area contributed by atoms with Gasteiger partial charge in [-0.2, -0.15) is 0 Å². The predicted molar refractivity (Wildman–Crippen MR) is 84.2 cm³/mol. The Morgan fingerprint density at radius 2 is 2.00 bits per heavy atom. The molecule has 3 N–H and O–H groups in total. The lowest BCUT2D eigenvalue weighted by atomic mass is 9.80. The van der Waals surface area contributed by atoms with Gasteiger partial charge in [-0.05, 0) is 37.0 Å². The molecule has 0 spiro atoms. The molecule has 124 valence electrons. The molecule has 1 aliphatic rings. The summed E-state index contributed by atoms with van der Waals surface area (Å²) < 4.78 is 5.35. The molecule has 1 fully saturated rings. The van der Waals surface area contributed by atoms with E-state index in [1.54, 1.807) is 0 Å². The first kappa shape index (κ1) is 18.2. The zero-order valence-corrected chi connectivity index (χ0v) is 13.9. The molecule has 0 heterocycles. The summed E-state index contributed by atoms with van der Waals surface area (Å²) in [6, 6.07) is 0.0554. The van der Waals surface area contributed by atoms with Gasteiger partial charge in [0.1, 0.15) is 0 Å². The van der Waals surface area contributed by atoms with Gasteiger partial charge in [-0.15, -0.1) is 0 Å². The first-order valence-electron chi connectivity index (χ1n) is 8.18. The molecule has 5 heteroatoms. The lowest BCUT2D eigenvalue weighted by molar-refractivity contribution is 0.0271. The minimum Gasteiger partial charge on any atom is -0.389 e. The Hall–Kier alpha value is -0.810. The van der Waals surface area contributed by atoms with E-state index in [1.165, 1.54) is 6.42 Å². The van der Waals surface area contributed by atoms with Gasteiger partial charge in [0, 0.05) is 19.2 Å². The van der Waals surface area contributed by atoms with Crippen LogP contribution in [-0.2, 0) is 4.74 Å². The van der Waals surface area contributed by atoms with Crippen LogP contribution in [0.1, 0.15) is 47.0 Å². The third-order valence-electron chi connectivity index (χ3n) is 4.01. The van der Waals surface area contributed by atoms with E-state index in [4.69, 9.17) is 4.74 Å². The van der Waals surface area contributed by atoms with Crippen LogP contribution in [0.2, 0.25) is 0 Å². The van der Waals surface area contributed by atoms with Crippen molar-refractivity contribution in [2.75, 3.05) is 19.8 Å². The van der Waals surface area contributed by atoms with Crippen molar-refractivity contribution in [1.82, 2.24) is 10.6 Å². The van der Waals surface area contributed by atoms with Crippen molar-refractivity contribution >= 4 is 6.03 Å². The molecule has 1 rings (SSSR count). The molecule has 5 nitrogen and oxygen atoms in total. The van der Waals surface area contributed by atoms with Gasteiger partial charge in [-0.1, -0.05) is 27.7 Å². The average Bonchev–Trinajstić information content (AvgIpc) is 2.39. The first-order chi connectivity index (χ1) is 9.88. The summed E-state index contributed by atoms with van der Waals surface area (Å²) in [5, 5.41) is 15.5. The van der Waals surface area contributed by atoms with Gasteiger partial charge in [-0.3, -0.25) is 0 Å². The second kappa shape index (κ2) is 9.26. The van der Waals surface area contributed by atoms with Gasteiger partial charge < -0.3 is 20.5 Å². The van der Waals surface area contributed by atoms with E-state index >= 15 is 0 Å². The second-order valence-corrected chi connectivity index (χ2v) is 6.94. The quantitative estimate of drug-likeness (QED) is 0.674. The summed E-state index contributed by atoms with van der Waals surface area (Å²) in [4.78, 5) is 11.9. The van der Waals surface area contributed by atoms with Gasteiger partial charge in [0.15, 0.2) is 0 Å². The van der Waals surface area contributed by atoms with Gasteiger partial charge in [0.2, 0.25) is 0 Å². The normalized spacial score (nSPS) is 27.4. The minimum atomic E-state index is -0.654. The van der Waals surface area contributed by atoms with E-state index in [0.717, 1.165) is 18.8 Å². The molecular weight excluding hydrogens is 268 g/mol. The van der Waals surface area contributed by atoms with E-state index in [9.17, 15) is 9.90 Å². The molecule has 0 aromatic rings. The Labute approximate surface area is 128 Å². The van der Waals surface area contributed by atoms with E-state index in [2.05, 4.69) is 38.3 Å². The molecule has 2 amide bonds. The number of amides is 2. The van der Waals surface area contributed by atoms with Crippen molar-refractivity contribution < 1.29 is 14.6 Å². The van der Waals surface area contributed by atoms with Crippen molar-refractivity contribution in [3.8, 4) is 0 Å². The smallest absolute Gasteiger partial charge is 0.315 e. The van der Waals surface area contributed by atoms with E-state index < -0.39 is 6.10 Å². The topological polar surface area (TPSA) is 70.6 Å². The zero-order valence-electron chi connectivity index (χ0n) is 13.9. The molecule has 4 atom stereocenters. The molecule has 0 saturated heterocycles. The number of urea groups is 1. The van der Waals surface area contributed by atoms with Crippen LogP contribution in [0, 0.1) is 17.8 Å². The molecular formula is C16H32N2O3. The van der Waals surface area contributed by atoms with Gasteiger partial charge in [-0.25, -0.2) is 4.79 Å². The summed E-state index contributed by atoms with van der Waals surface area (Å²) in [5.74, 6) is 1.71. The first-order valence-corrected chi connectivity index (χ1v) is 8.18. The van der Waals surface area contributed by atoms with Crippen molar-refractivity contribution in [2.45, 2.75) is 59.1 Å². The Balaban J connectivity index is 2.15. The van der Waals surface area contributed by atoms with Gasteiger partial charge in [0.25, 0.3) is 0 Å². The number of rotatable bonds is 7. The standard InChI is InChI=1S/C16H32N2O3/c1-11(2)9-21-10-14(19)8-17-16(20)18-15-6-5-12(3)7-13(15)4/h11-15,19H,5-10H2,1-4H3,(H2,17,18,20). The molecule has 1 saturated carbocycles. The number of carbonyl (C=O) groups is 1. The van der Waals surface area contributed by atoms with Crippen molar-refractivity contribution in [3.63, 3.8) is 0 Å². The van der Waals surface area contributed by atoms with E-state index in [-0.39, 0.29) is 25.2 Å². The maximum atomic E-state index is 11.9. The monoisotopic (exact) mass is 300 g/mol. The minimum absolute atomic E-state index is 0.190. The van der Waals surface area contributed by atoms with Crippen LogP contribution in [0.25, 0.3) is 0 Å². The third-order valence-corrected chi connectivity index (χ3v) is 4.01. The number of aliphatic hydroxyl groups is 1. The summed E-state index contributed by atoms with van der Waals surface area (Å²) in [6.07, 6.45) is 2.71. The van der Waals surface area contributed by atoms with Crippen molar-refractivity contribution in [1.29, 1.82) is 0 Å². The van der Waals surface area contributed by atoms with E-state index in [1.807, 2.05) is 0 Å². The van der Waals surface area contributed by atoms with Crippen LogP contribution in [0.4, 0.5) is 4.79 Å². The highest BCUT2D eigenvalue weighted by molar-refractivity contribution is 5.74. The lowest BCUT2D eigenvalue weighted by Gasteiger charge is -2.33. The fourth-order valence-electron chi connectivity index (χ4n) is 2.81. The van der Waals surface area contributed by atoms with Crippen LogP contribution in [0.3, 0.4) is 0 Å². The van der Waals surface area contributed by atoms with Crippen LogP contribution in [0.15, 0.2) is 0 Å². The summed E-state index contributed by atoms with van der Waals surface area (Å²) in [6.45, 7) is 9.68. The highest BCUT2D eigenvalue weighted by Gasteiger charge is 2.26. The second-order valence-electron chi connectivity index (χ2n) is 6.94. The van der Waals surface area contributed by atoms with Crippen molar-refractivity contribution in [2.24, 2.45) is 17.8 Å². The molecule has 4 unspecified atom stereocenters. The number of nitrogens with one attached hydrogen (secondary N) is 2. The molecule has 0 radical (unpaired) electrons. The molecule has 0 aromatic heterocycles. The summed E-state index contributed by atoms with van der Waals surface area (Å²) in [5.41, 5.74) is 0. The largest absolute Gasteiger partial charge is 0.389 e. The average molecular weight is 300 g/mol. The molecule has 1 aliphatic carbocycles. The van der Waals surface area contributed by atoms with Gasteiger partial charge in [0.05, 0.1) is 12.7 Å². The molecule has 21 heavy (non-hydrogen) atoms. The summed E-state index contributed by atoms with van der Waals surface area (Å²) in [7, 11) is 0. The number of carbonyl (C=O) groups excluding carboxylic acids is 1. The maximum Gasteiger partial charge on any atom is 0.315 e. The Morgan fingerprint density at radius 3 is 2.62 bits per heavy atom. The lowest BCUT2D eigenvalue weighted by Crippen LogP contribution is -2.48. The molecule has 0 aromatic carbocycles. The summed E-state index contributed by atoms with van der Waals surface area (Å²) >= 11 is 0.